The molecule has 0 saturated heterocycles. The van der Waals surface area contributed by atoms with E-state index in [4.69, 9.17) is 11.5 Å². The minimum atomic E-state index is -1.31. The maximum Gasteiger partial charge on any atom is 0.143 e. The molecule has 0 aromatic heterocycles. The van der Waals surface area contributed by atoms with E-state index in [0.717, 1.165) is 0 Å². The summed E-state index contributed by atoms with van der Waals surface area (Å²) in [5.41, 5.74) is 10.7. The van der Waals surface area contributed by atoms with Crippen LogP contribution in [0.4, 0.5) is 0 Å². The number of hydrogen-bond acceptors (Lipinski definition) is 4. The highest BCUT2D eigenvalue weighted by Crippen LogP contribution is 1.95. The highest BCUT2D eigenvalue weighted by Gasteiger charge is 2.20. The first-order valence-corrected chi connectivity index (χ1v) is 5.87. The second kappa shape index (κ2) is 12.2. The Balaban J connectivity index is 4.43. The zero-order chi connectivity index (χ0) is 15.9. The first-order valence-electron chi connectivity index (χ1n) is 5.87. The Bertz CT molecular complexity index is 701. The van der Waals surface area contributed by atoms with Crippen LogP contribution < -0.4 is 11.5 Å². The highest BCUT2D eigenvalue weighted by molar-refractivity contribution is 5.44. The lowest BCUT2D eigenvalue weighted by Crippen LogP contribution is -2.47. The molecule has 0 spiro atoms. The van der Waals surface area contributed by atoms with Gasteiger partial charge >= 0.3 is 0 Å². The van der Waals surface area contributed by atoms with E-state index in [-0.39, 0.29) is 6.54 Å². The molecule has 0 heterocycles. The molecule has 0 aliphatic heterocycles. The summed E-state index contributed by atoms with van der Waals surface area (Å²) in [4.78, 5) is 0. The van der Waals surface area contributed by atoms with Crippen LogP contribution in [0.15, 0.2) is 0 Å². The van der Waals surface area contributed by atoms with Gasteiger partial charge in [0.05, 0.1) is 0 Å². The van der Waals surface area contributed by atoms with Gasteiger partial charge in [0.25, 0.3) is 0 Å². The molecule has 0 amide bonds. The van der Waals surface area contributed by atoms with Crippen molar-refractivity contribution in [3.63, 3.8) is 0 Å². The van der Waals surface area contributed by atoms with Crippen molar-refractivity contribution >= 4 is 0 Å². The molecule has 4 nitrogen and oxygen atoms in total. The number of nitrogens with two attached hydrogens (primary N) is 2. The molecular weight excluding hydrogens is 264 g/mol. The van der Waals surface area contributed by atoms with Gasteiger partial charge in [-0.2, -0.15) is 0 Å². The van der Waals surface area contributed by atoms with Gasteiger partial charge in [-0.05, 0) is 66.1 Å². The lowest BCUT2D eigenvalue weighted by molar-refractivity contribution is 0.0385. The second-order valence-electron chi connectivity index (χ2n) is 3.48. The summed E-state index contributed by atoms with van der Waals surface area (Å²) >= 11 is 0. The summed E-state index contributed by atoms with van der Waals surface area (Å²) in [5, 5.41) is 18.9. The lowest BCUT2D eigenvalue weighted by atomic mass is 10.1. The Hall–Kier alpha value is -2.80. The van der Waals surface area contributed by atoms with E-state index < -0.39 is 18.2 Å². The maximum absolute atomic E-state index is 9.47. The minimum absolute atomic E-state index is 0.0441. The Morgan fingerprint density at radius 2 is 1.24 bits per heavy atom. The quantitative estimate of drug-likeness (QED) is 0.451. The fraction of sp³-hybridized carbons (Fsp3) is 0.294. The van der Waals surface area contributed by atoms with Crippen molar-refractivity contribution in [2.75, 3.05) is 6.54 Å². The lowest BCUT2D eigenvalue weighted by Gasteiger charge is -2.18. The molecule has 0 bridgehead atoms. The van der Waals surface area contributed by atoms with Gasteiger partial charge in [-0.1, -0.05) is 11.8 Å². The molecule has 0 aromatic rings. The third kappa shape index (κ3) is 9.74. The van der Waals surface area contributed by atoms with Crippen LogP contribution in [0, 0.1) is 71.0 Å². The number of rotatable bonds is 3. The molecule has 3 atom stereocenters. The normalized spacial score (nSPS) is 11.3. The molecule has 0 saturated carbocycles. The van der Waals surface area contributed by atoms with Crippen molar-refractivity contribution < 1.29 is 10.2 Å². The van der Waals surface area contributed by atoms with E-state index in [1.807, 2.05) is 0 Å². The molecule has 0 unspecified atom stereocenters. The Labute approximate surface area is 125 Å². The molecule has 0 fully saturated rings. The molecule has 0 aliphatic rings. The van der Waals surface area contributed by atoms with Crippen LogP contribution >= 0.6 is 0 Å². The molecule has 6 N–H and O–H groups in total. The van der Waals surface area contributed by atoms with E-state index >= 15 is 0 Å². The van der Waals surface area contributed by atoms with Crippen LogP contribution in [-0.4, -0.2) is 35.0 Å². The standard InChI is InChI=1S/C17H14N2O2/c1-2-3-4-5-6-7-8-9-10-11-12-13-16(20)17(21)15(19)14-18/h15-17,20-21H,14,18-19H2,1H3/t15-,16+,17-/m0/s1. The molecule has 0 radical (unpaired) electrons. The smallest absolute Gasteiger partial charge is 0.143 e. The Kier molecular flexibility index (Phi) is 10.6. The van der Waals surface area contributed by atoms with Gasteiger partial charge < -0.3 is 21.7 Å². The molecule has 104 valence electrons. The van der Waals surface area contributed by atoms with E-state index in [0.29, 0.717) is 0 Å². The Morgan fingerprint density at radius 3 is 1.67 bits per heavy atom. The molecule has 0 aromatic carbocycles. The second-order valence-corrected chi connectivity index (χ2v) is 3.48. The summed E-state index contributed by atoms with van der Waals surface area (Å²) in [7, 11) is 0. The summed E-state index contributed by atoms with van der Waals surface area (Å²) in [5.74, 6) is 29.4. The van der Waals surface area contributed by atoms with Gasteiger partial charge in [0.1, 0.15) is 12.2 Å². The highest BCUT2D eigenvalue weighted by atomic mass is 16.3. The SMILES string of the molecule is CC#CC#CC#CC#CC#CC#C[C@@H](O)[C@@H](O)[C@@H](N)CN. The molecule has 4 heteroatoms. The van der Waals surface area contributed by atoms with Crippen molar-refractivity contribution in [1.82, 2.24) is 0 Å². The van der Waals surface area contributed by atoms with Gasteiger partial charge in [0.2, 0.25) is 0 Å². The predicted octanol–water partition coefficient (Wildman–Crippen LogP) is -1.97. The van der Waals surface area contributed by atoms with E-state index in [2.05, 4.69) is 71.0 Å². The van der Waals surface area contributed by atoms with Crippen molar-refractivity contribution in [3.8, 4) is 71.0 Å². The molecule has 21 heavy (non-hydrogen) atoms. The van der Waals surface area contributed by atoms with Crippen LogP contribution in [0.25, 0.3) is 0 Å². The predicted molar refractivity (Wildman–Crippen MR) is 81.4 cm³/mol. The fourth-order valence-electron chi connectivity index (χ4n) is 0.881. The van der Waals surface area contributed by atoms with Crippen LogP contribution in [0.1, 0.15) is 6.92 Å². The van der Waals surface area contributed by atoms with E-state index in [1.54, 1.807) is 6.92 Å². The van der Waals surface area contributed by atoms with Crippen molar-refractivity contribution in [2.24, 2.45) is 11.5 Å². The summed E-state index contributed by atoms with van der Waals surface area (Å²) in [6, 6.07) is -0.740. The van der Waals surface area contributed by atoms with Gasteiger partial charge in [-0.15, -0.1) is 0 Å². The first kappa shape index (κ1) is 18.2. The van der Waals surface area contributed by atoms with Gasteiger partial charge in [-0.3, -0.25) is 0 Å². The van der Waals surface area contributed by atoms with Crippen LogP contribution in [0.3, 0.4) is 0 Å². The number of aliphatic hydroxyl groups excluding tert-OH is 2. The molecule has 0 rings (SSSR count). The van der Waals surface area contributed by atoms with Gasteiger partial charge in [-0.25, -0.2) is 0 Å². The topological polar surface area (TPSA) is 92.5 Å². The third-order valence-corrected chi connectivity index (χ3v) is 1.94. The minimum Gasteiger partial charge on any atom is -0.388 e. The van der Waals surface area contributed by atoms with E-state index in [9.17, 15) is 10.2 Å². The maximum atomic E-state index is 9.47. The van der Waals surface area contributed by atoms with Crippen LogP contribution in [-0.2, 0) is 0 Å². The first-order chi connectivity index (χ1) is 10.1. The van der Waals surface area contributed by atoms with Crippen LogP contribution in [0.5, 0.6) is 0 Å². The van der Waals surface area contributed by atoms with Gasteiger partial charge in [0, 0.05) is 12.6 Å². The number of hydrogen-bond donors (Lipinski definition) is 4. The average Bonchev–Trinajstić information content (AvgIpc) is 2.50. The summed E-state index contributed by atoms with van der Waals surface area (Å²) in [6.45, 7) is 1.72. The molecule has 0 aliphatic carbocycles. The zero-order valence-electron chi connectivity index (χ0n) is 11.5. The van der Waals surface area contributed by atoms with Crippen molar-refractivity contribution in [2.45, 2.75) is 25.2 Å². The van der Waals surface area contributed by atoms with E-state index in [1.165, 1.54) is 0 Å². The molecular formula is C17H14N2O2. The Morgan fingerprint density at radius 1 is 0.810 bits per heavy atom. The largest absolute Gasteiger partial charge is 0.388 e. The fourth-order valence-corrected chi connectivity index (χ4v) is 0.881. The van der Waals surface area contributed by atoms with Gasteiger partial charge in [0.15, 0.2) is 0 Å². The van der Waals surface area contributed by atoms with Crippen molar-refractivity contribution in [3.05, 3.63) is 0 Å². The summed E-state index contributed by atoms with van der Waals surface area (Å²) < 4.78 is 0. The zero-order valence-corrected chi connectivity index (χ0v) is 11.5. The van der Waals surface area contributed by atoms with Crippen LogP contribution in [0.2, 0.25) is 0 Å². The average molecular weight is 278 g/mol. The van der Waals surface area contributed by atoms with Crippen molar-refractivity contribution in [1.29, 1.82) is 0 Å². The monoisotopic (exact) mass is 278 g/mol. The third-order valence-electron chi connectivity index (χ3n) is 1.94. The number of aliphatic hydroxyl groups is 2. The summed E-state index contributed by atoms with van der Waals surface area (Å²) in [6.07, 6.45) is -2.52.